The van der Waals surface area contributed by atoms with Crippen LogP contribution in [0.5, 0.6) is 0 Å². The van der Waals surface area contributed by atoms with Gasteiger partial charge in [-0.3, -0.25) is 0 Å². The molecule has 8 nitrogen and oxygen atoms in total. The van der Waals surface area contributed by atoms with Crippen LogP contribution in [-0.4, -0.2) is 36.0 Å². The number of hydrogen-bond donors (Lipinski definition) is 2. The SMILES string of the molecule is CCCCC1CCN(S(=O)(=O)N[C@H](c2n[nH]c(=O)o2)[C@H](C)c2c(F)ccc(C)c2C)CC1. The number of piperidine rings is 1. The molecule has 0 unspecified atom stereocenters. The maximum absolute atomic E-state index is 14.8. The number of halogens is 1. The number of nitrogens with zero attached hydrogens (tertiary/aromatic N) is 2. The molecule has 2 atom stereocenters. The summed E-state index contributed by atoms with van der Waals surface area (Å²) in [4.78, 5) is 11.6. The molecule has 0 spiro atoms. The van der Waals surface area contributed by atoms with Crippen molar-refractivity contribution in [3.8, 4) is 0 Å². The fourth-order valence-corrected chi connectivity index (χ4v) is 5.90. The van der Waals surface area contributed by atoms with E-state index < -0.39 is 33.7 Å². The first kappa shape index (κ1) is 24.6. The summed E-state index contributed by atoms with van der Waals surface area (Å²) in [5.41, 5.74) is 1.96. The topological polar surface area (TPSA) is 108 Å². The van der Waals surface area contributed by atoms with Crippen LogP contribution < -0.4 is 10.5 Å². The van der Waals surface area contributed by atoms with Gasteiger partial charge in [0.15, 0.2) is 0 Å². The van der Waals surface area contributed by atoms with Gasteiger partial charge in [0.2, 0.25) is 5.89 Å². The number of unbranched alkanes of at least 4 members (excludes halogenated alkanes) is 1. The highest BCUT2D eigenvalue weighted by atomic mass is 32.2. The van der Waals surface area contributed by atoms with E-state index in [2.05, 4.69) is 21.8 Å². The fraction of sp³-hybridized carbons (Fsp3) is 0.636. The number of aryl methyl sites for hydroxylation is 1. The molecule has 32 heavy (non-hydrogen) atoms. The van der Waals surface area contributed by atoms with Crippen molar-refractivity contribution in [2.75, 3.05) is 13.1 Å². The van der Waals surface area contributed by atoms with Crippen molar-refractivity contribution >= 4 is 10.2 Å². The van der Waals surface area contributed by atoms with Gasteiger partial charge >= 0.3 is 5.76 Å². The van der Waals surface area contributed by atoms with Crippen molar-refractivity contribution in [1.29, 1.82) is 0 Å². The molecule has 2 heterocycles. The van der Waals surface area contributed by atoms with E-state index in [-0.39, 0.29) is 5.89 Å². The van der Waals surface area contributed by atoms with Gasteiger partial charge in [0.05, 0.1) is 0 Å². The lowest BCUT2D eigenvalue weighted by atomic mass is 9.88. The summed E-state index contributed by atoms with van der Waals surface area (Å²) < 4.78 is 50.4. The van der Waals surface area contributed by atoms with E-state index in [1.54, 1.807) is 19.9 Å². The Morgan fingerprint density at radius 1 is 1.31 bits per heavy atom. The van der Waals surface area contributed by atoms with Gasteiger partial charge in [-0.15, -0.1) is 5.10 Å². The second-order valence-corrected chi connectivity index (χ2v) is 10.4. The van der Waals surface area contributed by atoms with E-state index in [4.69, 9.17) is 4.42 Å². The number of hydrogen-bond acceptors (Lipinski definition) is 5. The molecule has 1 aromatic carbocycles. The van der Waals surface area contributed by atoms with E-state index in [1.165, 1.54) is 10.4 Å². The molecule has 1 fully saturated rings. The molecule has 1 aromatic heterocycles. The van der Waals surface area contributed by atoms with E-state index in [1.807, 2.05) is 6.92 Å². The van der Waals surface area contributed by atoms with Crippen LogP contribution in [0.3, 0.4) is 0 Å². The number of H-pyrrole nitrogens is 1. The molecule has 0 aliphatic carbocycles. The molecule has 0 bridgehead atoms. The van der Waals surface area contributed by atoms with E-state index >= 15 is 0 Å². The van der Waals surface area contributed by atoms with Gasteiger partial charge in [-0.25, -0.2) is 14.3 Å². The average Bonchev–Trinajstić information content (AvgIpc) is 3.19. The average molecular weight is 469 g/mol. The normalized spacial score (nSPS) is 18.0. The Balaban J connectivity index is 1.86. The van der Waals surface area contributed by atoms with Crippen molar-refractivity contribution in [1.82, 2.24) is 19.2 Å². The van der Waals surface area contributed by atoms with Crippen LogP contribution in [0.15, 0.2) is 21.3 Å². The third kappa shape index (κ3) is 5.47. The van der Waals surface area contributed by atoms with Crippen molar-refractivity contribution in [3.05, 3.63) is 51.1 Å². The first-order valence-corrected chi connectivity index (χ1v) is 12.7. The molecule has 1 saturated heterocycles. The Morgan fingerprint density at radius 2 is 2.00 bits per heavy atom. The van der Waals surface area contributed by atoms with Gasteiger partial charge in [-0.2, -0.15) is 17.4 Å². The number of benzene rings is 1. The Morgan fingerprint density at radius 3 is 2.59 bits per heavy atom. The smallest absolute Gasteiger partial charge is 0.391 e. The molecule has 10 heteroatoms. The number of aromatic amines is 1. The van der Waals surface area contributed by atoms with Gasteiger partial charge in [0.1, 0.15) is 11.9 Å². The monoisotopic (exact) mass is 468 g/mol. The largest absolute Gasteiger partial charge is 0.434 e. The molecule has 3 rings (SSSR count). The first-order valence-electron chi connectivity index (χ1n) is 11.2. The van der Waals surface area contributed by atoms with Gasteiger partial charge in [-0.05, 0) is 55.4 Å². The molecule has 0 radical (unpaired) electrons. The van der Waals surface area contributed by atoms with Crippen LogP contribution in [0.25, 0.3) is 0 Å². The molecule has 1 aliphatic rings. The third-order valence-corrected chi connectivity index (χ3v) is 8.16. The van der Waals surface area contributed by atoms with Crippen LogP contribution in [0.4, 0.5) is 4.39 Å². The predicted octanol–water partition coefficient (Wildman–Crippen LogP) is 3.70. The van der Waals surface area contributed by atoms with Crippen molar-refractivity contribution in [2.24, 2.45) is 5.92 Å². The lowest BCUT2D eigenvalue weighted by Gasteiger charge is -2.33. The van der Waals surface area contributed by atoms with E-state index in [0.717, 1.165) is 43.2 Å². The first-order chi connectivity index (χ1) is 15.1. The summed E-state index contributed by atoms with van der Waals surface area (Å²) in [7, 11) is -3.91. The minimum atomic E-state index is -3.91. The standard InChI is InChI=1S/C22H33FN4O4S/c1-5-6-7-17-10-12-27(13-11-17)32(29,30)26-20(21-24-25-22(28)31-21)16(4)19-15(3)14(2)8-9-18(19)23/h8-9,16-17,20,26H,5-7,10-13H2,1-4H3,(H,25,28)/t16-,20+/m1/s1. The Kier molecular flexibility index (Phi) is 7.89. The summed E-state index contributed by atoms with van der Waals surface area (Å²) in [6, 6.07) is 1.99. The highest BCUT2D eigenvalue weighted by Crippen LogP contribution is 2.35. The van der Waals surface area contributed by atoms with Crippen LogP contribution in [-0.2, 0) is 10.2 Å². The maximum atomic E-state index is 14.8. The zero-order valence-electron chi connectivity index (χ0n) is 19.2. The van der Waals surface area contributed by atoms with Gasteiger partial charge in [0.25, 0.3) is 10.2 Å². The highest BCUT2D eigenvalue weighted by molar-refractivity contribution is 7.87. The minimum absolute atomic E-state index is 0.121. The minimum Gasteiger partial charge on any atom is -0.391 e. The van der Waals surface area contributed by atoms with Gasteiger partial charge in [0, 0.05) is 19.0 Å². The second kappa shape index (κ2) is 10.3. The lowest BCUT2D eigenvalue weighted by molar-refractivity contribution is 0.254. The van der Waals surface area contributed by atoms with Crippen LogP contribution in [0.1, 0.15) is 80.5 Å². The molecule has 0 saturated carbocycles. The van der Waals surface area contributed by atoms with E-state index in [0.29, 0.717) is 24.6 Å². The fourth-order valence-electron chi connectivity index (χ4n) is 4.44. The van der Waals surface area contributed by atoms with Crippen molar-refractivity contribution in [3.63, 3.8) is 0 Å². The number of rotatable bonds is 9. The molecule has 2 N–H and O–H groups in total. The number of nitrogens with one attached hydrogen (secondary N) is 2. The summed E-state index contributed by atoms with van der Waals surface area (Å²) in [6.45, 7) is 8.35. The van der Waals surface area contributed by atoms with Gasteiger partial charge < -0.3 is 4.42 Å². The Bertz CT molecular complexity index is 1070. The summed E-state index contributed by atoms with van der Waals surface area (Å²) >= 11 is 0. The zero-order valence-corrected chi connectivity index (χ0v) is 20.0. The van der Waals surface area contributed by atoms with Crippen LogP contribution in [0.2, 0.25) is 0 Å². The van der Waals surface area contributed by atoms with E-state index in [9.17, 15) is 17.6 Å². The quantitative estimate of drug-likeness (QED) is 0.583. The molecular weight excluding hydrogens is 435 g/mol. The molecular formula is C22H33FN4O4S. The Labute approximate surface area is 188 Å². The summed E-state index contributed by atoms with van der Waals surface area (Å²) in [5.74, 6) is -1.50. The summed E-state index contributed by atoms with van der Waals surface area (Å²) in [6.07, 6.45) is 5.01. The van der Waals surface area contributed by atoms with Crippen molar-refractivity contribution < 1.29 is 17.2 Å². The summed E-state index contributed by atoms with van der Waals surface area (Å²) in [5, 5.41) is 6.02. The molecule has 0 amide bonds. The zero-order chi connectivity index (χ0) is 23.5. The highest BCUT2D eigenvalue weighted by Gasteiger charge is 2.36. The molecule has 178 valence electrons. The molecule has 1 aliphatic heterocycles. The van der Waals surface area contributed by atoms with Crippen molar-refractivity contribution in [2.45, 2.75) is 71.8 Å². The maximum Gasteiger partial charge on any atom is 0.434 e. The molecule has 2 aromatic rings. The number of aromatic nitrogens is 2. The predicted molar refractivity (Wildman–Crippen MR) is 120 cm³/mol. The van der Waals surface area contributed by atoms with Crippen LogP contribution in [0, 0.1) is 25.6 Å². The lowest BCUT2D eigenvalue weighted by Crippen LogP contribution is -2.47. The van der Waals surface area contributed by atoms with Gasteiger partial charge in [-0.1, -0.05) is 39.2 Å². The second-order valence-electron chi connectivity index (χ2n) is 8.73. The Hall–Kier alpha value is -2.04. The van der Waals surface area contributed by atoms with Crippen LogP contribution >= 0.6 is 0 Å². The third-order valence-electron chi connectivity index (χ3n) is 6.56.